The lowest BCUT2D eigenvalue weighted by Gasteiger charge is -2.15. The molecule has 0 aromatic heterocycles. The molecule has 156 valence electrons. The Kier molecular flexibility index (Phi) is 9.55. The molecule has 1 N–H and O–H groups in total. The van der Waals surface area contributed by atoms with Crippen LogP contribution < -0.4 is 9.47 Å². The highest BCUT2D eigenvalue weighted by Crippen LogP contribution is 2.27. The minimum absolute atomic E-state index is 0.179. The van der Waals surface area contributed by atoms with E-state index in [1.807, 2.05) is 62.4 Å². The Balaban J connectivity index is 2.24. The molecule has 0 heterocycles. The molecule has 2 aromatic carbocycles. The topological polar surface area (TPSA) is 77.4 Å². The molecule has 0 saturated carbocycles. The third-order valence-corrected chi connectivity index (χ3v) is 4.17. The summed E-state index contributed by atoms with van der Waals surface area (Å²) in [4.78, 5) is 16.2. The third kappa shape index (κ3) is 7.14. The van der Waals surface area contributed by atoms with Gasteiger partial charge in [0.15, 0.2) is 0 Å². The molecule has 0 fully saturated rings. The molecule has 29 heavy (non-hydrogen) atoms. The highest BCUT2D eigenvalue weighted by Gasteiger charge is 2.17. The van der Waals surface area contributed by atoms with Gasteiger partial charge in [-0.2, -0.15) is 0 Å². The number of rotatable bonds is 13. The summed E-state index contributed by atoms with van der Waals surface area (Å²) in [6.07, 6.45) is 2.33. The normalized spacial score (nSPS) is 10.3. The van der Waals surface area contributed by atoms with E-state index in [-0.39, 0.29) is 6.42 Å². The van der Waals surface area contributed by atoms with Crippen LogP contribution in [0, 0.1) is 0 Å². The van der Waals surface area contributed by atoms with Crippen molar-refractivity contribution in [2.24, 2.45) is 5.16 Å². The molecule has 0 bridgehead atoms. The van der Waals surface area contributed by atoms with Gasteiger partial charge in [0.1, 0.15) is 23.8 Å². The smallest absolute Gasteiger partial charge is 0.303 e. The van der Waals surface area contributed by atoms with Gasteiger partial charge < -0.3 is 19.4 Å². The maximum atomic E-state index is 10.6. The molecule has 2 rings (SSSR count). The summed E-state index contributed by atoms with van der Waals surface area (Å²) in [6, 6.07) is 15.4. The van der Waals surface area contributed by atoms with Crippen molar-refractivity contribution in [3.8, 4) is 11.5 Å². The largest absolute Gasteiger partial charge is 0.493 e. The zero-order valence-electron chi connectivity index (χ0n) is 17.1. The highest BCUT2D eigenvalue weighted by atomic mass is 16.6. The van der Waals surface area contributed by atoms with E-state index in [2.05, 4.69) is 5.16 Å². The predicted molar refractivity (Wildman–Crippen MR) is 113 cm³/mol. The molecular weight excluding hydrogens is 370 g/mol. The summed E-state index contributed by atoms with van der Waals surface area (Å²) in [5.74, 6) is 0.682. The van der Waals surface area contributed by atoms with Crippen LogP contribution in [0.4, 0.5) is 0 Å². The molecule has 0 aliphatic rings. The van der Waals surface area contributed by atoms with Gasteiger partial charge in [0, 0.05) is 17.5 Å². The number of carboxylic acid groups (broad SMARTS) is 1. The number of hydrogen-bond donors (Lipinski definition) is 1. The van der Waals surface area contributed by atoms with Crippen LogP contribution in [0.5, 0.6) is 11.5 Å². The highest BCUT2D eigenvalue weighted by molar-refractivity contribution is 6.15. The molecule has 6 heteroatoms. The number of oxime groups is 1. The van der Waals surface area contributed by atoms with Gasteiger partial charge in [-0.05, 0) is 57.4 Å². The second kappa shape index (κ2) is 12.4. The fraction of sp³-hybridized carbons (Fsp3) is 0.391. The van der Waals surface area contributed by atoms with Gasteiger partial charge in [-0.1, -0.05) is 29.4 Å². The van der Waals surface area contributed by atoms with Gasteiger partial charge in [-0.3, -0.25) is 4.79 Å². The quantitative estimate of drug-likeness (QED) is 0.294. The molecule has 0 aliphatic carbocycles. The van der Waals surface area contributed by atoms with E-state index in [1.54, 1.807) is 0 Å². The molecule has 0 aliphatic heterocycles. The van der Waals surface area contributed by atoms with Crippen LogP contribution in [-0.4, -0.2) is 36.6 Å². The zero-order chi connectivity index (χ0) is 20.9. The number of aliphatic carboxylic acids is 1. The first kappa shape index (κ1) is 22.3. The van der Waals surface area contributed by atoms with Crippen molar-refractivity contribution < 1.29 is 24.2 Å². The Morgan fingerprint density at radius 3 is 1.93 bits per heavy atom. The van der Waals surface area contributed by atoms with E-state index in [0.717, 1.165) is 35.5 Å². The SMILES string of the molecule is CCOc1ccccc1C(=NOCCCCCC(=O)O)c1ccccc1OCC. The Morgan fingerprint density at radius 2 is 1.41 bits per heavy atom. The number of hydrogen-bond acceptors (Lipinski definition) is 5. The molecule has 0 atom stereocenters. The Morgan fingerprint density at radius 1 is 0.862 bits per heavy atom. The van der Waals surface area contributed by atoms with Gasteiger partial charge in [0.05, 0.1) is 13.2 Å². The molecule has 0 unspecified atom stereocenters. The number of benzene rings is 2. The van der Waals surface area contributed by atoms with E-state index in [1.165, 1.54) is 0 Å². The lowest BCUT2D eigenvalue weighted by atomic mass is 10.0. The van der Waals surface area contributed by atoms with Gasteiger partial charge in [-0.15, -0.1) is 0 Å². The molecule has 0 saturated heterocycles. The van der Waals surface area contributed by atoms with Crippen molar-refractivity contribution in [2.75, 3.05) is 19.8 Å². The molecule has 6 nitrogen and oxygen atoms in total. The monoisotopic (exact) mass is 399 g/mol. The number of para-hydroxylation sites is 2. The minimum atomic E-state index is -0.772. The van der Waals surface area contributed by atoms with Gasteiger partial charge >= 0.3 is 5.97 Å². The van der Waals surface area contributed by atoms with Crippen molar-refractivity contribution >= 4 is 11.7 Å². The van der Waals surface area contributed by atoms with Crippen LogP contribution in [0.25, 0.3) is 0 Å². The summed E-state index contributed by atoms with van der Waals surface area (Å²) >= 11 is 0. The summed E-state index contributed by atoms with van der Waals surface area (Å²) in [5.41, 5.74) is 2.29. The molecule has 0 radical (unpaired) electrons. The van der Waals surface area contributed by atoms with E-state index in [9.17, 15) is 4.79 Å². The molecule has 0 amide bonds. The van der Waals surface area contributed by atoms with Gasteiger partial charge in [-0.25, -0.2) is 0 Å². The molecule has 2 aromatic rings. The van der Waals surface area contributed by atoms with Crippen molar-refractivity contribution in [3.05, 3.63) is 59.7 Å². The Bertz CT molecular complexity index is 752. The third-order valence-electron chi connectivity index (χ3n) is 4.17. The average Bonchev–Trinajstić information content (AvgIpc) is 2.72. The van der Waals surface area contributed by atoms with Gasteiger partial charge in [0.25, 0.3) is 0 Å². The second-order valence-corrected chi connectivity index (χ2v) is 6.34. The van der Waals surface area contributed by atoms with E-state index in [4.69, 9.17) is 19.4 Å². The van der Waals surface area contributed by atoms with E-state index >= 15 is 0 Å². The van der Waals surface area contributed by atoms with Crippen LogP contribution in [0.15, 0.2) is 53.7 Å². The molecule has 0 spiro atoms. The van der Waals surface area contributed by atoms with Gasteiger partial charge in [0.2, 0.25) is 0 Å². The number of unbranched alkanes of at least 4 members (excludes halogenated alkanes) is 2. The van der Waals surface area contributed by atoms with E-state index in [0.29, 0.717) is 32.0 Å². The van der Waals surface area contributed by atoms with Crippen LogP contribution in [-0.2, 0) is 9.63 Å². The van der Waals surface area contributed by atoms with E-state index < -0.39 is 5.97 Å². The van der Waals surface area contributed by atoms with Crippen LogP contribution >= 0.6 is 0 Å². The summed E-state index contributed by atoms with van der Waals surface area (Å²) in [5, 5.41) is 13.1. The number of carboxylic acids is 1. The minimum Gasteiger partial charge on any atom is -0.493 e. The van der Waals surface area contributed by atoms with Crippen LogP contribution in [0.2, 0.25) is 0 Å². The second-order valence-electron chi connectivity index (χ2n) is 6.34. The standard InChI is InChI=1S/C23H29NO5/c1-3-27-20-14-9-7-12-18(20)23(19-13-8-10-15-21(19)28-4-2)24-29-17-11-5-6-16-22(25)26/h7-10,12-15H,3-6,11,16-17H2,1-2H3,(H,25,26). The lowest BCUT2D eigenvalue weighted by Crippen LogP contribution is -2.10. The fourth-order valence-corrected chi connectivity index (χ4v) is 2.86. The lowest BCUT2D eigenvalue weighted by molar-refractivity contribution is -0.137. The maximum absolute atomic E-state index is 10.6. The van der Waals surface area contributed by atoms with Crippen molar-refractivity contribution in [2.45, 2.75) is 39.5 Å². The number of ether oxygens (including phenoxy) is 2. The Labute approximate surface area is 172 Å². The first-order valence-electron chi connectivity index (χ1n) is 10.0. The van der Waals surface area contributed by atoms with Crippen LogP contribution in [0.3, 0.4) is 0 Å². The summed E-state index contributed by atoms with van der Waals surface area (Å²) in [6.45, 7) is 5.38. The Hall–Kier alpha value is -3.02. The first-order chi connectivity index (χ1) is 14.2. The van der Waals surface area contributed by atoms with Crippen molar-refractivity contribution in [3.63, 3.8) is 0 Å². The van der Waals surface area contributed by atoms with Crippen molar-refractivity contribution in [1.82, 2.24) is 0 Å². The average molecular weight is 399 g/mol. The number of carbonyl (C=O) groups is 1. The maximum Gasteiger partial charge on any atom is 0.303 e. The summed E-state index contributed by atoms with van der Waals surface area (Å²) in [7, 11) is 0. The molecular formula is C23H29NO5. The fourth-order valence-electron chi connectivity index (χ4n) is 2.86. The zero-order valence-corrected chi connectivity index (χ0v) is 17.1. The predicted octanol–water partition coefficient (Wildman–Crippen LogP) is 4.90. The first-order valence-corrected chi connectivity index (χ1v) is 10.0. The summed E-state index contributed by atoms with van der Waals surface area (Å²) < 4.78 is 11.6. The van der Waals surface area contributed by atoms with Crippen LogP contribution in [0.1, 0.15) is 50.7 Å². The van der Waals surface area contributed by atoms with Crippen molar-refractivity contribution in [1.29, 1.82) is 0 Å². The number of nitrogens with zero attached hydrogens (tertiary/aromatic N) is 1.